The number of aliphatic imine (C=N–C) groups is 1. The van der Waals surface area contributed by atoms with Gasteiger partial charge in [-0.15, -0.1) is 0 Å². The van der Waals surface area contributed by atoms with E-state index in [1.54, 1.807) is 0 Å². The van der Waals surface area contributed by atoms with Crippen LogP contribution in [0.25, 0.3) is 0 Å². The number of aliphatic carboxylic acids is 1. The molecule has 0 aliphatic rings. The Morgan fingerprint density at radius 3 is 2.10 bits per heavy atom. The van der Waals surface area contributed by atoms with Crippen molar-refractivity contribution in [3.05, 3.63) is 0 Å². The maximum atomic E-state index is 12.7. The van der Waals surface area contributed by atoms with E-state index in [0.29, 0.717) is 13.0 Å². The highest BCUT2D eigenvalue weighted by Crippen LogP contribution is 2.07. The van der Waals surface area contributed by atoms with E-state index in [-0.39, 0.29) is 24.7 Å². The molecule has 0 fully saturated rings. The van der Waals surface area contributed by atoms with E-state index in [9.17, 15) is 24.3 Å². The first-order valence-corrected chi connectivity index (χ1v) is 9.94. The minimum absolute atomic E-state index is 0.0139. The number of rotatable bonds is 14. The number of aliphatic hydroxyl groups excluding tert-OH is 1. The van der Waals surface area contributed by atoms with Crippen LogP contribution in [0.2, 0.25) is 0 Å². The fraction of sp³-hybridized carbons (Fsp3) is 0.722. The second kappa shape index (κ2) is 14.1. The predicted octanol–water partition coefficient (Wildman–Crippen LogP) is -3.04. The molecule has 3 amide bonds. The second-order valence-electron chi connectivity index (χ2n) is 7.58. The molecule has 0 aromatic rings. The van der Waals surface area contributed by atoms with Gasteiger partial charge in [0.1, 0.15) is 18.6 Å². The molecule has 0 aromatic carbocycles. The Morgan fingerprint density at radius 2 is 1.61 bits per heavy atom. The Hall–Kier alpha value is -2.93. The summed E-state index contributed by atoms with van der Waals surface area (Å²) in [6.45, 7) is 4.59. The molecule has 0 aliphatic carbocycles. The summed E-state index contributed by atoms with van der Waals surface area (Å²) in [5, 5.41) is 25.5. The van der Waals surface area contributed by atoms with Gasteiger partial charge < -0.3 is 43.4 Å². The van der Waals surface area contributed by atoms with Crippen LogP contribution in [-0.4, -0.2) is 77.2 Å². The number of nitrogens with two attached hydrogens (primary N) is 3. The zero-order chi connectivity index (χ0) is 24.1. The van der Waals surface area contributed by atoms with Gasteiger partial charge in [0.2, 0.25) is 17.7 Å². The minimum atomic E-state index is -1.40. The molecule has 13 heteroatoms. The SMILES string of the molecule is CC(C)CC(NC(=O)C(N)CCCN=C(N)N)C(=O)NC(C(=O)NCC(=O)O)C(C)O. The molecule has 0 saturated carbocycles. The first kappa shape index (κ1) is 28.1. The molecule has 178 valence electrons. The zero-order valence-electron chi connectivity index (χ0n) is 18.1. The number of nitrogens with zero attached hydrogens (tertiary/aromatic N) is 1. The van der Waals surface area contributed by atoms with Crippen LogP contribution in [0.4, 0.5) is 0 Å². The molecule has 0 bridgehead atoms. The second-order valence-corrected chi connectivity index (χ2v) is 7.58. The predicted molar refractivity (Wildman–Crippen MR) is 114 cm³/mol. The summed E-state index contributed by atoms with van der Waals surface area (Å²) in [4.78, 5) is 51.6. The molecule has 0 radical (unpaired) electrons. The van der Waals surface area contributed by atoms with Crippen molar-refractivity contribution in [2.24, 2.45) is 28.1 Å². The third kappa shape index (κ3) is 12.4. The lowest BCUT2D eigenvalue weighted by Crippen LogP contribution is -2.58. The number of amides is 3. The Bertz CT molecular complexity index is 649. The third-order valence-corrected chi connectivity index (χ3v) is 4.12. The van der Waals surface area contributed by atoms with Crippen LogP contribution in [0.3, 0.4) is 0 Å². The number of guanidine groups is 1. The zero-order valence-corrected chi connectivity index (χ0v) is 18.1. The van der Waals surface area contributed by atoms with Gasteiger partial charge in [0.15, 0.2) is 5.96 Å². The molecule has 0 aromatic heterocycles. The van der Waals surface area contributed by atoms with Crippen molar-refractivity contribution in [3.63, 3.8) is 0 Å². The summed E-state index contributed by atoms with van der Waals surface area (Å²) < 4.78 is 0. The van der Waals surface area contributed by atoms with E-state index in [1.807, 2.05) is 13.8 Å². The molecule has 0 rings (SSSR count). The minimum Gasteiger partial charge on any atom is -0.480 e. The molecule has 0 aliphatic heterocycles. The molecule has 4 unspecified atom stereocenters. The number of carbonyl (C=O) groups is 4. The molecule has 0 saturated heterocycles. The van der Waals surface area contributed by atoms with Gasteiger partial charge in [0.25, 0.3) is 0 Å². The van der Waals surface area contributed by atoms with Gasteiger partial charge in [0.05, 0.1) is 12.1 Å². The standard InChI is InChI=1S/C18H35N7O6/c1-9(2)7-12(24-15(29)11(19)5-4-6-22-18(20)21)16(30)25-14(10(3)26)17(31)23-8-13(27)28/h9-12,14,26H,4-8,19H2,1-3H3,(H,23,31)(H,24,29)(H,25,30)(H,27,28)(H4,20,21,22). The van der Waals surface area contributed by atoms with Crippen molar-refractivity contribution in [3.8, 4) is 0 Å². The van der Waals surface area contributed by atoms with Crippen molar-refractivity contribution in [1.29, 1.82) is 0 Å². The topological polar surface area (TPSA) is 235 Å². The molecule has 4 atom stereocenters. The molecular formula is C18H35N7O6. The molecule has 0 spiro atoms. The Morgan fingerprint density at radius 1 is 1.00 bits per heavy atom. The van der Waals surface area contributed by atoms with E-state index in [1.165, 1.54) is 6.92 Å². The fourth-order valence-corrected chi connectivity index (χ4v) is 2.56. The number of carbonyl (C=O) groups excluding carboxylic acids is 3. The fourth-order valence-electron chi connectivity index (χ4n) is 2.56. The number of nitrogens with one attached hydrogen (secondary N) is 3. The lowest BCUT2D eigenvalue weighted by Gasteiger charge is -2.26. The summed E-state index contributed by atoms with van der Waals surface area (Å²) in [6, 6.07) is -3.31. The summed E-state index contributed by atoms with van der Waals surface area (Å²) in [7, 11) is 0. The van der Waals surface area contributed by atoms with Gasteiger partial charge in [-0.1, -0.05) is 13.8 Å². The summed E-state index contributed by atoms with van der Waals surface area (Å²) >= 11 is 0. The Labute approximate surface area is 181 Å². The van der Waals surface area contributed by atoms with E-state index in [2.05, 4.69) is 20.9 Å². The van der Waals surface area contributed by atoms with E-state index >= 15 is 0 Å². The van der Waals surface area contributed by atoms with E-state index in [0.717, 1.165) is 0 Å². The monoisotopic (exact) mass is 445 g/mol. The van der Waals surface area contributed by atoms with Gasteiger partial charge in [-0.2, -0.15) is 0 Å². The van der Waals surface area contributed by atoms with Crippen LogP contribution >= 0.6 is 0 Å². The van der Waals surface area contributed by atoms with Crippen molar-refractivity contribution in [2.75, 3.05) is 13.1 Å². The summed E-state index contributed by atoms with van der Waals surface area (Å²) in [5.74, 6) is -3.45. The molecule has 13 nitrogen and oxygen atoms in total. The number of carboxylic acid groups (broad SMARTS) is 1. The van der Waals surface area contributed by atoms with Gasteiger partial charge in [-0.05, 0) is 32.1 Å². The normalized spacial score (nSPS) is 14.6. The highest BCUT2D eigenvalue weighted by atomic mass is 16.4. The van der Waals surface area contributed by atoms with Crippen molar-refractivity contribution in [1.82, 2.24) is 16.0 Å². The third-order valence-electron chi connectivity index (χ3n) is 4.12. The average Bonchev–Trinajstić information content (AvgIpc) is 2.65. The van der Waals surface area contributed by atoms with E-state index < -0.39 is 54.5 Å². The van der Waals surface area contributed by atoms with Gasteiger partial charge >= 0.3 is 5.97 Å². The molecule has 0 heterocycles. The number of hydrogen-bond donors (Lipinski definition) is 8. The van der Waals surface area contributed by atoms with E-state index in [4.69, 9.17) is 22.3 Å². The maximum Gasteiger partial charge on any atom is 0.322 e. The average molecular weight is 446 g/mol. The lowest BCUT2D eigenvalue weighted by molar-refractivity contribution is -0.139. The quantitative estimate of drug-likeness (QED) is 0.0769. The molecular weight excluding hydrogens is 410 g/mol. The van der Waals surface area contributed by atoms with Crippen LogP contribution in [-0.2, 0) is 19.2 Å². The smallest absolute Gasteiger partial charge is 0.322 e. The lowest BCUT2D eigenvalue weighted by atomic mass is 10.0. The van der Waals surface area contributed by atoms with Crippen molar-refractivity contribution in [2.45, 2.75) is 64.3 Å². The van der Waals surface area contributed by atoms with Gasteiger partial charge in [-0.3, -0.25) is 24.2 Å². The molecule has 11 N–H and O–H groups in total. The Balaban J connectivity index is 5.07. The van der Waals surface area contributed by atoms with Crippen LogP contribution < -0.4 is 33.2 Å². The van der Waals surface area contributed by atoms with Crippen LogP contribution in [0.1, 0.15) is 40.0 Å². The van der Waals surface area contributed by atoms with Crippen LogP contribution in [0, 0.1) is 5.92 Å². The van der Waals surface area contributed by atoms with Crippen molar-refractivity contribution >= 4 is 29.7 Å². The Kier molecular flexibility index (Phi) is 12.8. The first-order chi connectivity index (χ1) is 14.3. The number of hydrogen-bond acceptors (Lipinski definition) is 7. The maximum absolute atomic E-state index is 12.7. The number of aliphatic hydroxyl groups is 1. The van der Waals surface area contributed by atoms with Crippen molar-refractivity contribution < 1.29 is 29.4 Å². The van der Waals surface area contributed by atoms with Crippen LogP contribution in [0.15, 0.2) is 4.99 Å². The van der Waals surface area contributed by atoms with Crippen LogP contribution in [0.5, 0.6) is 0 Å². The van der Waals surface area contributed by atoms with Gasteiger partial charge in [0, 0.05) is 6.54 Å². The highest BCUT2D eigenvalue weighted by Gasteiger charge is 2.31. The summed E-state index contributed by atoms with van der Waals surface area (Å²) in [6.07, 6.45) is -0.305. The summed E-state index contributed by atoms with van der Waals surface area (Å²) in [5.41, 5.74) is 16.3. The first-order valence-electron chi connectivity index (χ1n) is 9.94. The highest BCUT2D eigenvalue weighted by molar-refractivity contribution is 5.93. The van der Waals surface area contributed by atoms with Gasteiger partial charge in [-0.25, -0.2) is 0 Å². The molecule has 31 heavy (non-hydrogen) atoms. The number of carboxylic acids is 1. The largest absolute Gasteiger partial charge is 0.480 e.